The van der Waals surface area contributed by atoms with Gasteiger partial charge in [0.05, 0.1) is 6.20 Å². The maximum atomic E-state index is 11.1. The number of carbonyl (C=O) groups is 1. The summed E-state index contributed by atoms with van der Waals surface area (Å²) in [7, 11) is 0. The molecule has 0 spiro atoms. The van der Waals surface area contributed by atoms with E-state index in [0.717, 1.165) is 50.8 Å². The topological polar surface area (TPSA) is 90.6 Å². The number of oxazole rings is 1. The fourth-order valence-corrected chi connectivity index (χ4v) is 4.54. The number of rotatable bonds is 6. The van der Waals surface area contributed by atoms with Crippen molar-refractivity contribution in [3.8, 4) is 11.5 Å². The Labute approximate surface area is 165 Å². The number of aromatic nitrogens is 1. The van der Waals surface area contributed by atoms with E-state index in [9.17, 15) is 4.79 Å². The third-order valence-electron chi connectivity index (χ3n) is 5.95. The van der Waals surface area contributed by atoms with Gasteiger partial charge in [-0.2, -0.15) is 0 Å². The van der Waals surface area contributed by atoms with E-state index >= 15 is 0 Å². The highest BCUT2D eigenvalue weighted by molar-refractivity contribution is 5.65. The van der Waals surface area contributed by atoms with Gasteiger partial charge in [0.25, 0.3) is 0 Å². The van der Waals surface area contributed by atoms with Crippen molar-refractivity contribution in [1.29, 1.82) is 0 Å². The lowest BCUT2D eigenvalue weighted by Crippen LogP contribution is -2.53. The van der Waals surface area contributed by atoms with Crippen molar-refractivity contribution < 1.29 is 14.3 Å². The Balaban J connectivity index is 1.37. The predicted molar refractivity (Wildman–Crippen MR) is 108 cm³/mol. The number of nitrogens with zero attached hydrogens (tertiary/aromatic N) is 2. The molecule has 1 aliphatic carbocycles. The van der Waals surface area contributed by atoms with Gasteiger partial charge >= 0.3 is 6.09 Å². The third kappa shape index (κ3) is 4.30. The minimum absolute atomic E-state index is 0.0150. The standard InChI is InChI=1S/C21H28N4O3/c26-21(27)24-19-6-2-1-5-18(19)23-14-17-4-3-12-25(17)16-9-7-15(8-10-16)20-22-11-13-28-20/h7-11,13,17-19,23-24H,1-6,12,14H2,(H,26,27)/t17?,18-,19+/m0/s1. The lowest BCUT2D eigenvalue weighted by molar-refractivity contribution is 0.179. The predicted octanol–water partition coefficient (Wildman–Crippen LogP) is 3.48. The normalized spacial score (nSPS) is 25.0. The summed E-state index contributed by atoms with van der Waals surface area (Å²) in [4.78, 5) is 17.7. The van der Waals surface area contributed by atoms with Gasteiger partial charge in [-0.1, -0.05) is 12.8 Å². The smallest absolute Gasteiger partial charge is 0.404 e. The van der Waals surface area contributed by atoms with Crippen LogP contribution in [0.15, 0.2) is 41.1 Å². The van der Waals surface area contributed by atoms with Crippen molar-refractivity contribution in [3.05, 3.63) is 36.7 Å². The molecule has 7 nitrogen and oxygen atoms in total. The average molecular weight is 384 g/mol. The molecule has 28 heavy (non-hydrogen) atoms. The molecule has 1 aromatic carbocycles. The van der Waals surface area contributed by atoms with Crippen LogP contribution in [0.5, 0.6) is 0 Å². The molecule has 1 unspecified atom stereocenters. The molecule has 1 aromatic heterocycles. The summed E-state index contributed by atoms with van der Waals surface area (Å²) in [5, 5.41) is 15.4. The van der Waals surface area contributed by atoms with Crippen LogP contribution in [0.2, 0.25) is 0 Å². The molecule has 2 aliphatic rings. The molecule has 1 saturated heterocycles. The van der Waals surface area contributed by atoms with E-state index in [2.05, 4.69) is 44.8 Å². The molecule has 1 amide bonds. The van der Waals surface area contributed by atoms with Crippen LogP contribution in [0.25, 0.3) is 11.5 Å². The molecule has 7 heteroatoms. The van der Waals surface area contributed by atoms with Crippen LogP contribution in [0.3, 0.4) is 0 Å². The van der Waals surface area contributed by atoms with Gasteiger partial charge in [-0.3, -0.25) is 0 Å². The summed E-state index contributed by atoms with van der Waals surface area (Å²) in [6, 6.07) is 9.04. The zero-order valence-corrected chi connectivity index (χ0v) is 16.0. The first-order valence-corrected chi connectivity index (χ1v) is 10.2. The van der Waals surface area contributed by atoms with Gasteiger partial charge in [-0.05, 0) is 49.9 Å². The summed E-state index contributed by atoms with van der Waals surface area (Å²) in [5.41, 5.74) is 2.19. The molecule has 150 valence electrons. The summed E-state index contributed by atoms with van der Waals surface area (Å²) < 4.78 is 5.37. The largest absolute Gasteiger partial charge is 0.465 e. The minimum atomic E-state index is -0.924. The monoisotopic (exact) mass is 384 g/mol. The van der Waals surface area contributed by atoms with Gasteiger partial charge < -0.3 is 25.1 Å². The van der Waals surface area contributed by atoms with Crippen LogP contribution in [0, 0.1) is 0 Å². The molecule has 3 N–H and O–H groups in total. The molecule has 0 bridgehead atoms. The van der Waals surface area contributed by atoms with Crippen LogP contribution < -0.4 is 15.5 Å². The number of benzene rings is 1. The fourth-order valence-electron chi connectivity index (χ4n) is 4.54. The van der Waals surface area contributed by atoms with E-state index in [1.54, 1.807) is 12.5 Å². The minimum Gasteiger partial charge on any atom is -0.465 e. The number of nitrogens with one attached hydrogen (secondary N) is 2. The lowest BCUT2D eigenvalue weighted by atomic mass is 9.90. The summed E-state index contributed by atoms with van der Waals surface area (Å²) in [5.74, 6) is 0.639. The van der Waals surface area contributed by atoms with Gasteiger partial charge in [0.15, 0.2) is 0 Å². The molecule has 2 fully saturated rings. The van der Waals surface area contributed by atoms with E-state index in [1.807, 2.05) is 0 Å². The summed E-state index contributed by atoms with van der Waals surface area (Å²) in [6.07, 6.45) is 8.84. The second-order valence-electron chi connectivity index (χ2n) is 7.73. The number of hydrogen-bond acceptors (Lipinski definition) is 5. The van der Waals surface area contributed by atoms with Crippen molar-refractivity contribution in [2.75, 3.05) is 18.0 Å². The third-order valence-corrected chi connectivity index (χ3v) is 5.95. The van der Waals surface area contributed by atoms with E-state index < -0.39 is 6.09 Å². The molecule has 2 aromatic rings. The Bertz CT molecular complexity index is 762. The van der Waals surface area contributed by atoms with E-state index in [4.69, 9.17) is 9.52 Å². The highest BCUT2D eigenvalue weighted by atomic mass is 16.4. The SMILES string of the molecule is O=C(O)N[C@@H]1CCCC[C@@H]1NCC1CCCN1c1ccc(-c2ncco2)cc1. The molecule has 0 radical (unpaired) electrons. The first-order chi connectivity index (χ1) is 13.7. The van der Waals surface area contributed by atoms with Crippen molar-refractivity contribution in [2.45, 2.75) is 56.7 Å². The number of anilines is 1. The van der Waals surface area contributed by atoms with Gasteiger partial charge in [0.2, 0.25) is 5.89 Å². The Morgan fingerprint density at radius 2 is 1.93 bits per heavy atom. The zero-order valence-electron chi connectivity index (χ0n) is 16.0. The fraction of sp³-hybridized carbons (Fsp3) is 0.524. The molecule has 3 atom stereocenters. The number of carboxylic acid groups (broad SMARTS) is 1. The van der Waals surface area contributed by atoms with Gasteiger partial charge in [0.1, 0.15) is 6.26 Å². The van der Waals surface area contributed by atoms with Crippen molar-refractivity contribution >= 4 is 11.8 Å². The Hall–Kier alpha value is -2.54. The van der Waals surface area contributed by atoms with Crippen molar-refractivity contribution in [2.24, 2.45) is 0 Å². The zero-order chi connectivity index (χ0) is 19.3. The van der Waals surface area contributed by atoms with Crippen LogP contribution in [-0.2, 0) is 0 Å². The lowest BCUT2D eigenvalue weighted by Gasteiger charge is -2.34. The second-order valence-corrected chi connectivity index (χ2v) is 7.73. The average Bonchev–Trinajstić information content (AvgIpc) is 3.39. The van der Waals surface area contributed by atoms with Crippen LogP contribution in [0.1, 0.15) is 38.5 Å². The molecule has 4 rings (SSSR count). The Morgan fingerprint density at radius 3 is 2.64 bits per heavy atom. The summed E-state index contributed by atoms with van der Waals surface area (Å²) >= 11 is 0. The van der Waals surface area contributed by atoms with Gasteiger partial charge in [0, 0.05) is 42.5 Å². The van der Waals surface area contributed by atoms with Gasteiger partial charge in [-0.25, -0.2) is 9.78 Å². The Morgan fingerprint density at radius 1 is 1.14 bits per heavy atom. The van der Waals surface area contributed by atoms with E-state index in [-0.39, 0.29) is 12.1 Å². The number of amides is 1. The maximum absolute atomic E-state index is 11.1. The first-order valence-electron chi connectivity index (χ1n) is 10.2. The quantitative estimate of drug-likeness (QED) is 0.706. The first kappa shape index (κ1) is 18.8. The Kier molecular flexibility index (Phi) is 5.81. The molecule has 1 saturated carbocycles. The highest BCUT2D eigenvalue weighted by Gasteiger charge is 2.29. The van der Waals surface area contributed by atoms with Crippen molar-refractivity contribution in [1.82, 2.24) is 15.6 Å². The summed E-state index contributed by atoms with van der Waals surface area (Å²) in [6.45, 7) is 1.93. The molecule has 1 aliphatic heterocycles. The van der Waals surface area contributed by atoms with Crippen LogP contribution in [-0.4, -0.2) is 47.4 Å². The molecular formula is C21H28N4O3. The highest BCUT2D eigenvalue weighted by Crippen LogP contribution is 2.28. The van der Waals surface area contributed by atoms with E-state index in [0.29, 0.717) is 11.9 Å². The maximum Gasteiger partial charge on any atom is 0.404 e. The van der Waals surface area contributed by atoms with Gasteiger partial charge in [-0.15, -0.1) is 0 Å². The van der Waals surface area contributed by atoms with Crippen LogP contribution in [0.4, 0.5) is 10.5 Å². The number of hydrogen-bond donors (Lipinski definition) is 3. The second kappa shape index (κ2) is 8.65. The molecule has 2 heterocycles. The van der Waals surface area contributed by atoms with Crippen molar-refractivity contribution in [3.63, 3.8) is 0 Å². The van der Waals surface area contributed by atoms with E-state index in [1.165, 1.54) is 12.1 Å². The molecular weight excluding hydrogens is 356 g/mol. The van der Waals surface area contributed by atoms with Crippen LogP contribution >= 0.6 is 0 Å².